The normalized spacial score (nSPS) is 28.9. The summed E-state index contributed by atoms with van der Waals surface area (Å²) < 4.78 is 30.7. The number of cyclic esters (lactones) is 1. The van der Waals surface area contributed by atoms with Gasteiger partial charge in [0.1, 0.15) is 29.6 Å². The Morgan fingerprint density at radius 3 is 2.77 bits per heavy atom. The fraction of sp³-hybridized carbons (Fsp3) is 0.538. The first-order valence-corrected chi connectivity index (χ1v) is 11.8. The molecule has 4 rings (SSSR count). The van der Waals surface area contributed by atoms with E-state index in [9.17, 15) is 9.90 Å². The van der Waals surface area contributed by atoms with E-state index >= 15 is 0 Å². The highest BCUT2D eigenvalue weighted by molar-refractivity contribution is 6.03. The van der Waals surface area contributed by atoms with Crippen LogP contribution in [0.2, 0.25) is 0 Å². The average Bonchev–Trinajstić information content (AvgIpc) is 3.33. The van der Waals surface area contributed by atoms with Crippen molar-refractivity contribution in [3.63, 3.8) is 0 Å². The molecule has 0 amide bonds. The van der Waals surface area contributed by atoms with Gasteiger partial charge in [0.15, 0.2) is 12.6 Å². The lowest BCUT2D eigenvalue weighted by molar-refractivity contribution is -0.152. The minimum atomic E-state index is -0.868. The molecule has 190 valence electrons. The van der Waals surface area contributed by atoms with Gasteiger partial charge >= 0.3 is 5.97 Å². The Hall–Kier alpha value is -2.72. The number of fused-ring (bicyclic) bond motifs is 4. The highest BCUT2D eigenvalue weighted by atomic mass is 16.8. The van der Waals surface area contributed by atoms with Crippen LogP contribution in [0.4, 0.5) is 0 Å². The molecule has 0 saturated carbocycles. The highest BCUT2D eigenvalue weighted by Gasteiger charge is 2.43. The number of esters is 1. The van der Waals surface area contributed by atoms with E-state index in [1.807, 2.05) is 57.5 Å². The Balaban J connectivity index is 1.85. The summed E-state index contributed by atoms with van der Waals surface area (Å²) in [5.41, 5.74) is 2.31. The van der Waals surface area contributed by atoms with E-state index in [4.69, 9.17) is 23.7 Å². The van der Waals surface area contributed by atoms with E-state index in [1.165, 1.54) is 7.11 Å². The molecular formula is C26H34N2O7. The first-order valence-electron chi connectivity index (χ1n) is 11.8. The number of carbonyl (C=O) groups is 1. The SMILES string of the molecule is COCOc1cc2c(ncn2C)c2c1C(=O)O[C@@H](C)[C@H](C)C=CC(O)[C@H]1OC(C)(C)O[C@H]1CC=C2. The number of carbonyl (C=O) groups excluding carboxylic acids is 1. The number of imidazole rings is 1. The molecule has 0 spiro atoms. The Labute approximate surface area is 205 Å². The van der Waals surface area contributed by atoms with E-state index in [0.29, 0.717) is 23.3 Å². The van der Waals surface area contributed by atoms with Crippen LogP contribution in [-0.4, -0.2) is 64.7 Å². The molecule has 0 bridgehead atoms. The first kappa shape index (κ1) is 25.4. The Bertz CT molecular complexity index is 1140. The molecule has 1 aromatic heterocycles. The fourth-order valence-electron chi connectivity index (χ4n) is 4.42. The molecule has 3 heterocycles. The van der Waals surface area contributed by atoms with E-state index in [-0.39, 0.29) is 24.4 Å². The Morgan fingerprint density at radius 1 is 1.26 bits per heavy atom. The van der Waals surface area contributed by atoms with Crippen molar-refractivity contribution in [3.05, 3.63) is 41.7 Å². The van der Waals surface area contributed by atoms with Crippen LogP contribution in [0.1, 0.15) is 50.0 Å². The predicted molar refractivity (Wildman–Crippen MR) is 130 cm³/mol. The zero-order valence-electron chi connectivity index (χ0n) is 21.1. The van der Waals surface area contributed by atoms with Gasteiger partial charge in [0.2, 0.25) is 0 Å². The van der Waals surface area contributed by atoms with Crippen LogP contribution >= 0.6 is 0 Å². The quantitative estimate of drug-likeness (QED) is 0.399. The summed E-state index contributed by atoms with van der Waals surface area (Å²) in [6.45, 7) is 7.38. The molecule has 5 atom stereocenters. The second-order valence-electron chi connectivity index (χ2n) is 9.56. The van der Waals surface area contributed by atoms with Crippen molar-refractivity contribution in [3.8, 4) is 5.75 Å². The topological polar surface area (TPSA) is 101 Å². The number of rotatable bonds is 3. The highest BCUT2D eigenvalue weighted by Crippen LogP contribution is 2.35. The molecule has 1 aromatic carbocycles. The van der Waals surface area contributed by atoms with E-state index in [0.717, 1.165) is 5.52 Å². The summed E-state index contributed by atoms with van der Waals surface area (Å²) in [6, 6.07) is 1.77. The second kappa shape index (κ2) is 10.1. The van der Waals surface area contributed by atoms with Gasteiger partial charge in [0, 0.05) is 31.7 Å². The zero-order valence-corrected chi connectivity index (χ0v) is 21.1. The fourth-order valence-corrected chi connectivity index (χ4v) is 4.42. The lowest BCUT2D eigenvalue weighted by atomic mass is 9.98. The van der Waals surface area contributed by atoms with Crippen LogP contribution in [0.15, 0.2) is 30.6 Å². The molecule has 0 aliphatic carbocycles. The van der Waals surface area contributed by atoms with Crippen molar-refractivity contribution in [2.45, 2.75) is 64.3 Å². The van der Waals surface area contributed by atoms with Crippen LogP contribution in [-0.2, 0) is 26.0 Å². The summed E-state index contributed by atoms with van der Waals surface area (Å²) >= 11 is 0. The monoisotopic (exact) mass is 486 g/mol. The molecule has 1 saturated heterocycles. The van der Waals surface area contributed by atoms with Gasteiger partial charge in [-0.15, -0.1) is 0 Å². The number of aromatic nitrogens is 2. The van der Waals surface area contributed by atoms with Gasteiger partial charge in [0.05, 0.1) is 23.5 Å². The molecule has 9 nitrogen and oxygen atoms in total. The maximum absolute atomic E-state index is 13.5. The number of hydrogen-bond donors (Lipinski definition) is 1. The number of aliphatic hydroxyl groups is 1. The Morgan fingerprint density at radius 2 is 2.03 bits per heavy atom. The van der Waals surface area contributed by atoms with Crippen molar-refractivity contribution in [2.24, 2.45) is 13.0 Å². The zero-order chi connectivity index (χ0) is 25.3. The average molecular weight is 487 g/mol. The molecule has 2 aliphatic rings. The van der Waals surface area contributed by atoms with Gasteiger partial charge in [-0.3, -0.25) is 0 Å². The van der Waals surface area contributed by atoms with Gasteiger partial charge in [-0.25, -0.2) is 9.78 Å². The molecule has 1 fully saturated rings. The van der Waals surface area contributed by atoms with Crippen LogP contribution < -0.4 is 4.74 Å². The van der Waals surface area contributed by atoms with Gasteiger partial charge in [-0.2, -0.15) is 0 Å². The van der Waals surface area contributed by atoms with Crippen molar-refractivity contribution >= 4 is 23.1 Å². The lowest BCUT2D eigenvalue weighted by Crippen LogP contribution is -2.34. The van der Waals surface area contributed by atoms with Gasteiger partial charge in [0.25, 0.3) is 0 Å². The molecule has 2 aromatic rings. The number of aliphatic hydroxyl groups excluding tert-OH is 1. The molecule has 2 aliphatic heterocycles. The number of methoxy groups -OCH3 is 1. The molecule has 1 N–H and O–H groups in total. The van der Waals surface area contributed by atoms with Gasteiger partial charge < -0.3 is 33.4 Å². The number of nitrogens with zero attached hydrogens (tertiary/aromatic N) is 2. The standard InChI is InChI=1S/C26H34N2O7/c1-15-10-11-19(29)24-20(34-26(3,4)35-24)9-7-8-17-22(25(30)33-16(15)2)21(32-14-31-6)12-18-23(17)27-13-28(18)5/h7-8,10-13,15-16,19-20,24,29H,9,14H2,1-6H3/t15-,16+,19?,20+,24-/m1/s1. The molecule has 0 radical (unpaired) electrons. The minimum Gasteiger partial charge on any atom is -0.467 e. The van der Waals surface area contributed by atoms with Crippen molar-refractivity contribution in [1.82, 2.24) is 9.55 Å². The smallest absolute Gasteiger partial charge is 0.342 e. The maximum atomic E-state index is 13.5. The third-order valence-electron chi connectivity index (χ3n) is 6.41. The second-order valence-corrected chi connectivity index (χ2v) is 9.56. The summed E-state index contributed by atoms with van der Waals surface area (Å²) in [6.07, 6.45) is 7.15. The number of ether oxygens (including phenoxy) is 5. The summed E-state index contributed by atoms with van der Waals surface area (Å²) in [5, 5.41) is 10.8. The summed E-state index contributed by atoms with van der Waals surface area (Å²) in [5.74, 6) is -1.15. The van der Waals surface area contributed by atoms with Crippen molar-refractivity contribution in [1.29, 1.82) is 0 Å². The molecule has 9 heteroatoms. The van der Waals surface area contributed by atoms with Gasteiger partial charge in [-0.1, -0.05) is 31.2 Å². The minimum absolute atomic E-state index is 0.0244. The Kier molecular flexibility index (Phi) is 7.32. The van der Waals surface area contributed by atoms with Crippen molar-refractivity contribution in [2.75, 3.05) is 13.9 Å². The van der Waals surface area contributed by atoms with Crippen molar-refractivity contribution < 1.29 is 33.6 Å². The molecule has 1 unspecified atom stereocenters. The molecule has 35 heavy (non-hydrogen) atoms. The number of hydrogen-bond acceptors (Lipinski definition) is 8. The van der Waals surface area contributed by atoms with Crippen LogP contribution in [0.5, 0.6) is 5.75 Å². The maximum Gasteiger partial charge on any atom is 0.342 e. The van der Waals surface area contributed by atoms with Crippen LogP contribution in [0.25, 0.3) is 17.1 Å². The van der Waals surface area contributed by atoms with Crippen LogP contribution in [0, 0.1) is 5.92 Å². The molecular weight excluding hydrogens is 452 g/mol. The van der Waals surface area contributed by atoms with E-state index < -0.39 is 30.1 Å². The van der Waals surface area contributed by atoms with Crippen LogP contribution in [0.3, 0.4) is 0 Å². The van der Waals surface area contributed by atoms with E-state index in [2.05, 4.69) is 4.98 Å². The predicted octanol–water partition coefficient (Wildman–Crippen LogP) is 3.59. The third kappa shape index (κ3) is 5.28. The lowest BCUT2D eigenvalue weighted by Gasteiger charge is -2.23. The summed E-state index contributed by atoms with van der Waals surface area (Å²) in [4.78, 5) is 18.0. The summed E-state index contributed by atoms with van der Waals surface area (Å²) in [7, 11) is 3.40. The number of benzene rings is 1. The third-order valence-corrected chi connectivity index (χ3v) is 6.41. The largest absolute Gasteiger partial charge is 0.467 e. The first-order chi connectivity index (χ1) is 16.6. The van der Waals surface area contributed by atoms with E-state index in [1.54, 1.807) is 18.5 Å². The number of aryl methyl sites for hydroxylation is 1. The van der Waals surface area contributed by atoms with Gasteiger partial charge in [-0.05, 0) is 27.2 Å².